The van der Waals surface area contributed by atoms with Crippen molar-refractivity contribution in [1.29, 1.82) is 0 Å². The summed E-state index contributed by atoms with van der Waals surface area (Å²) in [6, 6.07) is 0. The standard InChI is InChI=1S/C40H68O15/c1-18(20(3)16-52-37-34(32(49)33(54-37)25(45)15-41)55-36-31(48)30(47)26(51-6)17-53-36)7-8-19(2)21-13-23(43)35-38(21,4)12-10-27-39(5)11-9-22(42)29(46)28(39)24(44)14-40(27,35)50/h19-37,41-50H,1,7-17H2,2-6H3/t19-,20?,21-,22+,23-,24+,25-,26-,27-,28+,29+,30+,31-,32+,33+,34-,35-,36+,37-,38-,39-,40+/m1/s1. The van der Waals surface area contributed by atoms with Gasteiger partial charge in [-0.05, 0) is 73.5 Å². The predicted octanol–water partition coefficient (Wildman–Crippen LogP) is -0.424. The molecule has 2 heterocycles. The third-order valence-electron chi connectivity index (χ3n) is 15.4. The minimum Gasteiger partial charge on any atom is -0.394 e. The highest BCUT2D eigenvalue weighted by atomic mass is 16.8. The van der Waals surface area contributed by atoms with Gasteiger partial charge in [0, 0.05) is 31.3 Å². The molecule has 55 heavy (non-hydrogen) atoms. The number of methoxy groups -OCH3 is 1. The fourth-order valence-corrected chi connectivity index (χ4v) is 12.3. The van der Waals surface area contributed by atoms with Crippen molar-refractivity contribution in [2.75, 3.05) is 26.9 Å². The largest absolute Gasteiger partial charge is 0.394 e. The van der Waals surface area contributed by atoms with Crippen molar-refractivity contribution in [2.45, 2.75) is 164 Å². The lowest BCUT2D eigenvalue weighted by Gasteiger charge is -2.66. The van der Waals surface area contributed by atoms with E-state index >= 15 is 0 Å². The molecule has 0 amide bonds. The SMILES string of the molecule is C=C(CC[C@@H](C)[C@H]1C[C@@H](O)[C@@H]2[C@]1(C)CC[C@@H]1[C@@]3(C)CC[C@H](O)[C@H](O)[C@@H]3[C@@H](O)C[C@]12O)C(C)CO[C@@H]1O[C@@H]([C@H](O)CO)[C@H](O)[C@H]1O[C@@H]1OC[C@@H](OC)[C@H](O)[C@H]1O. The van der Waals surface area contributed by atoms with Crippen LogP contribution < -0.4 is 0 Å². The Bertz CT molecular complexity index is 1320. The average Bonchev–Trinajstić information content (AvgIpc) is 3.60. The maximum atomic E-state index is 12.6. The molecule has 0 bridgehead atoms. The van der Waals surface area contributed by atoms with Gasteiger partial charge in [0.1, 0.15) is 42.7 Å². The molecule has 22 atom stereocenters. The molecule has 15 heteroatoms. The molecule has 0 radical (unpaired) electrons. The normalized spacial score (nSPS) is 51.5. The molecular weight excluding hydrogens is 720 g/mol. The van der Waals surface area contributed by atoms with Crippen molar-refractivity contribution in [3.8, 4) is 0 Å². The van der Waals surface area contributed by atoms with Gasteiger partial charge in [-0.15, -0.1) is 0 Å². The van der Waals surface area contributed by atoms with Gasteiger partial charge in [-0.25, -0.2) is 0 Å². The first kappa shape index (κ1) is 43.7. The summed E-state index contributed by atoms with van der Waals surface area (Å²) >= 11 is 0. The monoisotopic (exact) mass is 788 g/mol. The van der Waals surface area contributed by atoms with Crippen molar-refractivity contribution >= 4 is 0 Å². The molecule has 2 saturated heterocycles. The van der Waals surface area contributed by atoms with Crippen LogP contribution in [-0.2, 0) is 23.7 Å². The molecule has 6 rings (SSSR count). The fraction of sp³-hybridized carbons (Fsp3) is 0.950. The lowest BCUT2D eigenvalue weighted by Crippen LogP contribution is -2.70. The van der Waals surface area contributed by atoms with Gasteiger partial charge in [0.15, 0.2) is 12.6 Å². The molecule has 0 spiro atoms. The summed E-state index contributed by atoms with van der Waals surface area (Å²) in [5.41, 5.74) is -1.35. The van der Waals surface area contributed by atoms with E-state index in [0.717, 1.165) is 18.4 Å². The van der Waals surface area contributed by atoms with E-state index in [1.54, 1.807) is 0 Å². The molecule has 4 saturated carbocycles. The van der Waals surface area contributed by atoms with Crippen molar-refractivity contribution in [2.24, 2.45) is 46.3 Å². The molecule has 6 fully saturated rings. The Balaban J connectivity index is 1.06. The highest BCUT2D eigenvalue weighted by Gasteiger charge is 2.71. The minimum absolute atomic E-state index is 0.0618. The molecule has 15 nitrogen and oxygen atoms in total. The second-order valence-corrected chi connectivity index (χ2v) is 18.6. The van der Waals surface area contributed by atoms with E-state index in [1.165, 1.54) is 7.11 Å². The number of aliphatic hydroxyl groups excluding tert-OH is 9. The first-order valence-corrected chi connectivity index (χ1v) is 20.4. The van der Waals surface area contributed by atoms with Gasteiger partial charge in [0.25, 0.3) is 0 Å². The fourth-order valence-electron chi connectivity index (χ4n) is 12.3. The van der Waals surface area contributed by atoms with Gasteiger partial charge in [-0.2, -0.15) is 0 Å². The van der Waals surface area contributed by atoms with Crippen molar-refractivity contribution in [3.63, 3.8) is 0 Å². The highest BCUT2D eigenvalue weighted by Crippen LogP contribution is 2.70. The number of fused-ring (bicyclic) bond motifs is 5. The molecular formula is C40H68O15. The second kappa shape index (κ2) is 16.7. The summed E-state index contributed by atoms with van der Waals surface area (Å²) in [6.45, 7) is 12.0. The highest BCUT2D eigenvalue weighted by molar-refractivity contribution is 5.21. The zero-order valence-electron chi connectivity index (χ0n) is 33.0. The average molecular weight is 789 g/mol. The number of rotatable bonds is 13. The van der Waals surface area contributed by atoms with Crippen molar-refractivity contribution in [3.05, 3.63) is 12.2 Å². The van der Waals surface area contributed by atoms with Crippen LogP contribution >= 0.6 is 0 Å². The van der Waals surface area contributed by atoms with Gasteiger partial charge in [0.2, 0.25) is 0 Å². The second-order valence-electron chi connectivity index (χ2n) is 18.6. The van der Waals surface area contributed by atoms with Gasteiger partial charge >= 0.3 is 0 Å². The number of hydrogen-bond donors (Lipinski definition) is 10. The van der Waals surface area contributed by atoms with Crippen LogP contribution in [0.5, 0.6) is 0 Å². The first-order chi connectivity index (χ1) is 25.8. The third kappa shape index (κ3) is 7.61. The quantitative estimate of drug-likeness (QED) is 0.107. The first-order valence-electron chi connectivity index (χ1n) is 20.4. The van der Waals surface area contributed by atoms with Crippen LogP contribution in [0.25, 0.3) is 0 Å². The molecule has 318 valence electrons. The van der Waals surface area contributed by atoms with Crippen LogP contribution in [0.15, 0.2) is 12.2 Å². The number of ether oxygens (including phenoxy) is 5. The van der Waals surface area contributed by atoms with Gasteiger partial charge in [0.05, 0.1) is 49.8 Å². The van der Waals surface area contributed by atoms with Crippen LogP contribution in [0.2, 0.25) is 0 Å². The number of hydrogen-bond acceptors (Lipinski definition) is 15. The Morgan fingerprint density at radius 2 is 1.58 bits per heavy atom. The van der Waals surface area contributed by atoms with Crippen LogP contribution in [0.4, 0.5) is 0 Å². The van der Waals surface area contributed by atoms with Crippen LogP contribution in [0.1, 0.15) is 79.1 Å². The smallest absolute Gasteiger partial charge is 0.187 e. The molecule has 1 unspecified atom stereocenters. The predicted molar refractivity (Wildman–Crippen MR) is 195 cm³/mol. The van der Waals surface area contributed by atoms with E-state index in [1.807, 2.05) is 13.8 Å². The van der Waals surface area contributed by atoms with Crippen molar-refractivity contribution in [1.82, 2.24) is 0 Å². The summed E-state index contributed by atoms with van der Waals surface area (Å²) in [7, 11) is 1.38. The summed E-state index contributed by atoms with van der Waals surface area (Å²) < 4.78 is 28.5. The molecule has 10 N–H and O–H groups in total. The Kier molecular flexibility index (Phi) is 13.2. The molecule has 0 aromatic carbocycles. The Labute approximate surface area is 324 Å². The van der Waals surface area contributed by atoms with E-state index in [4.69, 9.17) is 23.7 Å². The van der Waals surface area contributed by atoms with Crippen LogP contribution in [-0.4, -0.2) is 163 Å². The summed E-state index contributed by atoms with van der Waals surface area (Å²) in [4.78, 5) is 0. The topological polar surface area (TPSA) is 248 Å². The van der Waals surface area contributed by atoms with Crippen LogP contribution in [0.3, 0.4) is 0 Å². The zero-order chi connectivity index (χ0) is 40.4. The zero-order valence-corrected chi connectivity index (χ0v) is 33.0. The number of aliphatic hydroxyl groups is 10. The maximum Gasteiger partial charge on any atom is 0.187 e. The van der Waals surface area contributed by atoms with Gasteiger partial charge < -0.3 is 74.7 Å². The lowest BCUT2D eigenvalue weighted by atomic mass is 9.41. The minimum atomic E-state index is -1.50. The van der Waals surface area contributed by atoms with E-state index < -0.39 is 109 Å². The third-order valence-corrected chi connectivity index (χ3v) is 15.4. The molecule has 6 aliphatic rings. The lowest BCUT2D eigenvalue weighted by molar-refractivity contribution is -0.305. The Morgan fingerprint density at radius 3 is 2.25 bits per heavy atom. The molecule has 0 aromatic rings. The van der Waals surface area contributed by atoms with Gasteiger partial charge in [-0.3, -0.25) is 0 Å². The summed E-state index contributed by atoms with van der Waals surface area (Å²) in [5, 5.41) is 109. The van der Waals surface area contributed by atoms with Crippen LogP contribution in [0, 0.1) is 46.3 Å². The Morgan fingerprint density at radius 1 is 0.891 bits per heavy atom. The van der Waals surface area contributed by atoms with Gasteiger partial charge in [-0.1, -0.05) is 39.8 Å². The molecule has 4 aliphatic carbocycles. The van der Waals surface area contributed by atoms with E-state index in [9.17, 15) is 51.1 Å². The van der Waals surface area contributed by atoms with E-state index in [-0.39, 0.29) is 48.7 Å². The molecule has 0 aromatic heterocycles. The summed E-state index contributed by atoms with van der Waals surface area (Å²) in [6.07, 6.45) is -10.7. The Hall–Kier alpha value is -0.860. The van der Waals surface area contributed by atoms with E-state index in [2.05, 4.69) is 20.4 Å². The maximum absolute atomic E-state index is 12.6. The summed E-state index contributed by atoms with van der Waals surface area (Å²) in [5.74, 6) is -1.09. The molecule has 2 aliphatic heterocycles. The van der Waals surface area contributed by atoms with E-state index in [0.29, 0.717) is 32.1 Å². The van der Waals surface area contributed by atoms with Crippen molar-refractivity contribution < 1.29 is 74.7 Å².